The van der Waals surface area contributed by atoms with Crippen molar-refractivity contribution in [2.45, 2.75) is 44.2 Å². The highest BCUT2D eigenvalue weighted by Crippen LogP contribution is 2.38. The smallest absolute Gasteiger partial charge is 0.269 e. The quantitative estimate of drug-likeness (QED) is 0.492. The summed E-state index contributed by atoms with van der Waals surface area (Å²) in [6, 6.07) is 13.5. The molecule has 1 atom stereocenters. The molecule has 0 radical (unpaired) electrons. The van der Waals surface area contributed by atoms with Crippen LogP contribution in [-0.4, -0.2) is 31.1 Å². The van der Waals surface area contributed by atoms with Crippen molar-refractivity contribution in [2.24, 2.45) is 0 Å². The number of halogens is 1. The van der Waals surface area contributed by atoms with E-state index in [0.29, 0.717) is 35.3 Å². The molecule has 1 aliphatic carbocycles. The molecular weight excluding hydrogens is 467 g/mol. The first-order valence-corrected chi connectivity index (χ1v) is 12.8. The second-order valence-corrected chi connectivity index (χ2v) is 9.70. The molecule has 8 heteroatoms. The summed E-state index contributed by atoms with van der Waals surface area (Å²) < 4.78 is 26.6. The number of nitrogens with zero attached hydrogens (tertiary/aromatic N) is 1. The van der Waals surface area contributed by atoms with E-state index in [2.05, 4.69) is 5.32 Å². The van der Waals surface area contributed by atoms with E-state index in [1.165, 1.54) is 22.3 Å². The highest BCUT2D eigenvalue weighted by molar-refractivity contribution is 7.12. The number of ether oxygens (including phenoxy) is 2. The van der Waals surface area contributed by atoms with Gasteiger partial charge < -0.3 is 14.8 Å². The summed E-state index contributed by atoms with van der Waals surface area (Å²) in [7, 11) is 0. The number of nitrogens with one attached hydrogen (secondary N) is 1. The molecule has 182 valence electrons. The van der Waals surface area contributed by atoms with Crippen LogP contribution < -0.4 is 19.7 Å². The minimum atomic E-state index is -1.20. The Labute approximate surface area is 207 Å². The van der Waals surface area contributed by atoms with Crippen LogP contribution in [0.15, 0.2) is 60.0 Å². The second kappa shape index (κ2) is 10.5. The zero-order valence-corrected chi connectivity index (χ0v) is 20.1. The van der Waals surface area contributed by atoms with Gasteiger partial charge in [0.15, 0.2) is 11.5 Å². The Morgan fingerprint density at radius 3 is 2.49 bits per heavy atom. The summed E-state index contributed by atoms with van der Waals surface area (Å²) in [5.74, 6) is -0.279. The van der Waals surface area contributed by atoms with Crippen molar-refractivity contribution in [1.29, 1.82) is 0 Å². The molecule has 1 aromatic heterocycles. The molecule has 2 aromatic carbocycles. The van der Waals surface area contributed by atoms with Gasteiger partial charge in [-0.1, -0.05) is 43.5 Å². The van der Waals surface area contributed by atoms with Gasteiger partial charge in [-0.3, -0.25) is 14.5 Å². The van der Waals surface area contributed by atoms with E-state index in [0.717, 1.165) is 32.1 Å². The molecular formula is C27H27FN2O4S. The predicted molar refractivity (Wildman–Crippen MR) is 133 cm³/mol. The van der Waals surface area contributed by atoms with Gasteiger partial charge in [0.2, 0.25) is 5.91 Å². The number of thiophene rings is 1. The number of anilines is 1. The van der Waals surface area contributed by atoms with Gasteiger partial charge in [-0.25, -0.2) is 4.39 Å². The Kier molecular flexibility index (Phi) is 6.99. The molecule has 3 aromatic rings. The molecule has 6 nitrogen and oxygen atoms in total. The summed E-state index contributed by atoms with van der Waals surface area (Å²) in [5.41, 5.74) is 0.570. The highest BCUT2D eigenvalue weighted by Gasteiger charge is 2.37. The number of benzene rings is 2. The van der Waals surface area contributed by atoms with E-state index in [1.807, 2.05) is 0 Å². The maximum atomic E-state index is 15.2. The van der Waals surface area contributed by atoms with Crippen molar-refractivity contribution in [3.63, 3.8) is 0 Å². The molecule has 2 amide bonds. The molecule has 35 heavy (non-hydrogen) atoms. The maximum absolute atomic E-state index is 15.2. The van der Waals surface area contributed by atoms with Crippen molar-refractivity contribution in [2.75, 3.05) is 18.1 Å². The van der Waals surface area contributed by atoms with Gasteiger partial charge >= 0.3 is 0 Å². The van der Waals surface area contributed by atoms with Crippen LogP contribution >= 0.6 is 11.3 Å². The molecule has 0 saturated heterocycles. The molecule has 1 aliphatic heterocycles. The summed E-state index contributed by atoms with van der Waals surface area (Å²) >= 11 is 1.27. The van der Waals surface area contributed by atoms with Crippen LogP contribution in [-0.2, 0) is 4.79 Å². The minimum Gasteiger partial charge on any atom is -0.486 e. The lowest BCUT2D eigenvalue weighted by molar-refractivity contribution is -0.123. The van der Waals surface area contributed by atoms with E-state index in [1.54, 1.807) is 53.9 Å². The number of hydrogen-bond donors (Lipinski definition) is 1. The Bertz CT molecular complexity index is 1190. The van der Waals surface area contributed by atoms with Crippen molar-refractivity contribution >= 4 is 28.8 Å². The first-order chi connectivity index (χ1) is 17.1. The standard InChI is InChI=1S/C27H27FN2O4S/c28-21-10-5-4-9-20(21)25(26(31)29-18-7-2-1-3-8-18)30(27(32)24-11-6-16-35-24)19-12-13-22-23(17-19)34-15-14-33-22/h4-6,9-13,16-18,25H,1-3,7-8,14-15H2,(H,29,31)/t25-/m1/s1. The zero-order chi connectivity index (χ0) is 24.2. The molecule has 1 N–H and O–H groups in total. The van der Waals surface area contributed by atoms with Gasteiger partial charge in [-0.15, -0.1) is 11.3 Å². The molecule has 0 bridgehead atoms. The van der Waals surface area contributed by atoms with Gasteiger partial charge in [-0.05, 0) is 42.5 Å². The van der Waals surface area contributed by atoms with Crippen molar-refractivity contribution in [1.82, 2.24) is 5.32 Å². The van der Waals surface area contributed by atoms with Gasteiger partial charge in [0.1, 0.15) is 25.1 Å². The zero-order valence-electron chi connectivity index (χ0n) is 19.2. The Balaban J connectivity index is 1.61. The maximum Gasteiger partial charge on any atom is 0.269 e. The highest BCUT2D eigenvalue weighted by atomic mass is 32.1. The molecule has 2 aliphatic rings. The number of fused-ring (bicyclic) bond motifs is 1. The molecule has 0 unspecified atom stereocenters. The lowest BCUT2D eigenvalue weighted by atomic mass is 9.94. The second-order valence-electron chi connectivity index (χ2n) is 8.75. The molecule has 5 rings (SSSR count). The summed E-state index contributed by atoms with van der Waals surface area (Å²) in [6.07, 6.45) is 4.96. The van der Waals surface area contributed by atoms with Crippen LogP contribution in [0.1, 0.15) is 53.4 Å². The number of carbonyl (C=O) groups excluding carboxylic acids is 2. The van der Waals surface area contributed by atoms with Gasteiger partial charge in [-0.2, -0.15) is 0 Å². The Hall–Kier alpha value is -3.39. The topological polar surface area (TPSA) is 67.9 Å². The Morgan fingerprint density at radius 1 is 0.971 bits per heavy atom. The normalized spacial score (nSPS) is 16.4. The lowest BCUT2D eigenvalue weighted by Crippen LogP contribution is -2.47. The molecule has 0 spiro atoms. The number of amides is 2. The average molecular weight is 495 g/mol. The third-order valence-electron chi connectivity index (χ3n) is 6.41. The van der Waals surface area contributed by atoms with Gasteiger partial charge in [0.05, 0.1) is 4.88 Å². The average Bonchev–Trinajstić information content (AvgIpc) is 3.43. The first kappa shape index (κ1) is 23.4. The van der Waals surface area contributed by atoms with Crippen LogP contribution in [0, 0.1) is 5.82 Å². The molecule has 1 fully saturated rings. The fraction of sp³-hybridized carbons (Fsp3) is 0.333. The fourth-order valence-corrected chi connectivity index (χ4v) is 5.37. The first-order valence-electron chi connectivity index (χ1n) is 11.9. The van der Waals surface area contributed by atoms with Crippen LogP contribution in [0.3, 0.4) is 0 Å². The number of rotatable bonds is 6. The predicted octanol–water partition coefficient (Wildman–Crippen LogP) is 5.50. The van der Waals surface area contributed by atoms with E-state index in [-0.39, 0.29) is 17.5 Å². The molecule has 1 saturated carbocycles. The Morgan fingerprint density at radius 2 is 1.74 bits per heavy atom. The fourth-order valence-electron chi connectivity index (χ4n) is 4.71. The van der Waals surface area contributed by atoms with Crippen molar-refractivity contribution in [3.8, 4) is 11.5 Å². The van der Waals surface area contributed by atoms with Crippen molar-refractivity contribution in [3.05, 3.63) is 76.2 Å². The summed E-state index contributed by atoms with van der Waals surface area (Å²) in [4.78, 5) is 29.5. The van der Waals surface area contributed by atoms with Crippen LogP contribution in [0.2, 0.25) is 0 Å². The monoisotopic (exact) mass is 494 g/mol. The summed E-state index contributed by atoms with van der Waals surface area (Å²) in [5, 5.41) is 4.91. The third kappa shape index (κ3) is 5.03. The van der Waals surface area contributed by atoms with Crippen molar-refractivity contribution < 1.29 is 23.5 Å². The van der Waals surface area contributed by atoms with Crippen LogP contribution in [0.25, 0.3) is 0 Å². The van der Waals surface area contributed by atoms with E-state index < -0.39 is 17.8 Å². The SMILES string of the molecule is O=C(NC1CCCCC1)[C@@H](c1ccccc1F)N(C(=O)c1cccs1)c1ccc2c(c1)OCCO2. The van der Waals surface area contributed by atoms with E-state index in [9.17, 15) is 9.59 Å². The van der Waals surface area contributed by atoms with Crippen LogP contribution in [0.5, 0.6) is 11.5 Å². The minimum absolute atomic E-state index is 0.00415. The lowest BCUT2D eigenvalue weighted by Gasteiger charge is -2.34. The van der Waals surface area contributed by atoms with E-state index in [4.69, 9.17) is 9.47 Å². The summed E-state index contributed by atoms with van der Waals surface area (Å²) in [6.45, 7) is 0.820. The third-order valence-corrected chi connectivity index (χ3v) is 7.27. The van der Waals surface area contributed by atoms with Crippen LogP contribution in [0.4, 0.5) is 10.1 Å². The number of hydrogen-bond acceptors (Lipinski definition) is 5. The van der Waals surface area contributed by atoms with Gasteiger partial charge in [0, 0.05) is 23.4 Å². The largest absolute Gasteiger partial charge is 0.486 e. The van der Waals surface area contributed by atoms with Gasteiger partial charge in [0.25, 0.3) is 5.91 Å². The molecule has 2 heterocycles. The number of carbonyl (C=O) groups is 2. The van der Waals surface area contributed by atoms with E-state index >= 15 is 4.39 Å².